The van der Waals surface area contributed by atoms with Crippen LogP contribution in [0.1, 0.15) is 5.56 Å². The van der Waals surface area contributed by atoms with Gasteiger partial charge in [-0.05, 0) is 29.8 Å². The highest BCUT2D eigenvalue weighted by atomic mass is 35.5. The van der Waals surface area contributed by atoms with Crippen LogP contribution in [-0.4, -0.2) is 15.4 Å². The topological polar surface area (TPSA) is 66.8 Å². The van der Waals surface area contributed by atoms with Crippen molar-refractivity contribution in [1.29, 1.82) is 0 Å². The Bertz CT molecular complexity index is 633. The Balaban J connectivity index is 2.06. The Hall–Kier alpha value is -1.89. The average molecular weight is 326 g/mol. The maximum absolute atomic E-state index is 12.0. The molecule has 0 saturated carbocycles. The van der Waals surface area contributed by atoms with Gasteiger partial charge in [-0.15, -0.1) is 0 Å². The minimum atomic E-state index is -2.14. The van der Waals surface area contributed by atoms with Crippen LogP contribution in [0.2, 0.25) is 5.02 Å². The zero-order chi connectivity index (χ0) is 15.2. The first-order valence-electron chi connectivity index (χ1n) is 5.95. The largest absolute Gasteiger partial charge is 0.464 e. The van der Waals surface area contributed by atoms with E-state index in [0.29, 0.717) is 9.33 Å². The fourth-order valence-electron chi connectivity index (χ4n) is 1.58. The molecule has 5 nitrogen and oxygen atoms in total. The maximum Gasteiger partial charge on any atom is 0.425 e. The summed E-state index contributed by atoms with van der Waals surface area (Å²) < 4.78 is 17.8. The summed E-state index contributed by atoms with van der Waals surface area (Å²) in [5.74, 6) is 0. The molecule has 2 rings (SSSR count). The van der Waals surface area contributed by atoms with E-state index in [-0.39, 0.29) is 12.3 Å². The molecule has 1 atom stereocenters. The molecule has 0 aliphatic heterocycles. The predicted octanol–water partition coefficient (Wildman–Crippen LogP) is 3.62. The number of carboxylic acid groups (broad SMARTS) is 1. The third-order valence-corrected chi connectivity index (χ3v) is 3.79. The molecule has 2 aromatic carbocycles. The summed E-state index contributed by atoms with van der Waals surface area (Å²) in [6, 6.07) is 14.9. The molecule has 1 amide bonds. The van der Waals surface area contributed by atoms with Gasteiger partial charge in [0.25, 0.3) is 11.3 Å². The van der Waals surface area contributed by atoms with E-state index in [4.69, 9.17) is 20.9 Å². The molecule has 0 fully saturated rings. The third-order valence-electron chi connectivity index (χ3n) is 2.55. The van der Waals surface area contributed by atoms with Crippen molar-refractivity contribution in [2.45, 2.75) is 6.61 Å². The van der Waals surface area contributed by atoms with Crippen LogP contribution in [0.15, 0.2) is 54.6 Å². The molecular weight excluding hydrogens is 314 g/mol. The molecule has 0 heterocycles. The first-order chi connectivity index (χ1) is 10.1. The number of carbonyl (C=O) groups is 1. The summed E-state index contributed by atoms with van der Waals surface area (Å²) in [6.45, 7) is 0.0143. The van der Waals surface area contributed by atoms with Gasteiger partial charge in [0.15, 0.2) is 0 Å². The lowest BCUT2D eigenvalue weighted by atomic mass is 10.2. The Kier molecular flexibility index (Phi) is 5.32. The summed E-state index contributed by atoms with van der Waals surface area (Å²) >= 11 is 3.62. The van der Waals surface area contributed by atoms with Crippen molar-refractivity contribution in [3.63, 3.8) is 0 Å². The molecule has 1 unspecified atom stereocenters. The van der Waals surface area contributed by atoms with Gasteiger partial charge < -0.3 is 5.11 Å². The predicted molar refractivity (Wildman–Crippen MR) is 81.3 cm³/mol. The summed E-state index contributed by atoms with van der Waals surface area (Å²) in [5, 5.41) is 9.75. The molecule has 0 aliphatic rings. The molecule has 110 valence electrons. The van der Waals surface area contributed by atoms with E-state index in [1.807, 2.05) is 0 Å². The summed E-state index contributed by atoms with van der Waals surface area (Å²) in [4.78, 5) is 11.2. The Morgan fingerprint density at radius 3 is 2.33 bits per heavy atom. The first kappa shape index (κ1) is 15.5. The Morgan fingerprint density at radius 1 is 1.14 bits per heavy atom. The molecule has 0 radical (unpaired) electrons. The number of anilines is 1. The molecule has 0 spiro atoms. The number of benzene rings is 2. The average Bonchev–Trinajstić information content (AvgIpc) is 2.47. The van der Waals surface area contributed by atoms with Crippen LogP contribution in [0, 0.1) is 0 Å². The highest BCUT2D eigenvalue weighted by Crippen LogP contribution is 2.17. The second kappa shape index (κ2) is 7.21. The molecule has 0 bridgehead atoms. The number of hydrogen-bond acceptors (Lipinski definition) is 3. The molecular formula is C14H12ClNO4S. The van der Waals surface area contributed by atoms with Crippen molar-refractivity contribution in [1.82, 2.24) is 0 Å². The SMILES string of the molecule is O=C(O)N(c1ccccc1)S(=O)OCc1ccc(Cl)cc1. The van der Waals surface area contributed by atoms with Crippen LogP contribution >= 0.6 is 11.6 Å². The standard InChI is InChI=1S/C14H12ClNO4S/c15-12-8-6-11(7-9-12)10-20-21(19)16(14(17)18)13-4-2-1-3-5-13/h1-9H,10H2,(H,17,18). The zero-order valence-corrected chi connectivity index (χ0v) is 12.4. The van der Waals surface area contributed by atoms with Crippen LogP contribution < -0.4 is 4.31 Å². The molecule has 21 heavy (non-hydrogen) atoms. The van der Waals surface area contributed by atoms with Crippen LogP contribution in [0.25, 0.3) is 0 Å². The van der Waals surface area contributed by atoms with Gasteiger partial charge in [-0.1, -0.05) is 41.9 Å². The van der Waals surface area contributed by atoms with Gasteiger partial charge in [0.1, 0.15) is 0 Å². The van der Waals surface area contributed by atoms with E-state index in [1.54, 1.807) is 42.5 Å². The number of para-hydroxylation sites is 1. The fraction of sp³-hybridized carbons (Fsp3) is 0.0714. The van der Waals surface area contributed by atoms with E-state index < -0.39 is 17.4 Å². The van der Waals surface area contributed by atoms with Gasteiger partial charge in [0.05, 0.1) is 12.3 Å². The van der Waals surface area contributed by atoms with Crippen molar-refractivity contribution in [2.75, 3.05) is 4.31 Å². The van der Waals surface area contributed by atoms with Crippen molar-refractivity contribution in [3.8, 4) is 0 Å². The van der Waals surface area contributed by atoms with Crippen molar-refractivity contribution in [3.05, 3.63) is 65.2 Å². The van der Waals surface area contributed by atoms with E-state index >= 15 is 0 Å². The lowest BCUT2D eigenvalue weighted by Gasteiger charge is -2.17. The molecule has 0 aliphatic carbocycles. The molecule has 1 N–H and O–H groups in total. The van der Waals surface area contributed by atoms with Gasteiger partial charge in [0, 0.05) is 5.02 Å². The first-order valence-corrected chi connectivity index (χ1v) is 7.36. The van der Waals surface area contributed by atoms with Gasteiger partial charge in [-0.3, -0.25) is 4.18 Å². The second-order valence-electron chi connectivity index (χ2n) is 4.02. The van der Waals surface area contributed by atoms with Crippen LogP contribution in [0.4, 0.5) is 10.5 Å². The van der Waals surface area contributed by atoms with Gasteiger partial charge in [0.2, 0.25) is 0 Å². The van der Waals surface area contributed by atoms with Gasteiger partial charge in [-0.25, -0.2) is 9.00 Å². The smallest absolute Gasteiger partial charge is 0.425 e. The van der Waals surface area contributed by atoms with Crippen molar-refractivity contribution < 1.29 is 18.3 Å². The molecule has 0 saturated heterocycles. The summed E-state index contributed by atoms with van der Waals surface area (Å²) in [7, 11) is 0. The summed E-state index contributed by atoms with van der Waals surface area (Å²) in [5.41, 5.74) is 1.02. The van der Waals surface area contributed by atoms with Gasteiger partial charge in [-0.2, -0.15) is 4.31 Å². The van der Waals surface area contributed by atoms with Gasteiger partial charge >= 0.3 is 6.09 Å². The van der Waals surface area contributed by atoms with Crippen LogP contribution in [0.3, 0.4) is 0 Å². The third kappa shape index (κ3) is 4.29. The number of nitrogens with zero attached hydrogens (tertiary/aromatic N) is 1. The number of rotatable bonds is 5. The normalized spacial score (nSPS) is 11.9. The fourth-order valence-corrected chi connectivity index (χ4v) is 2.47. The van der Waals surface area contributed by atoms with E-state index in [2.05, 4.69) is 0 Å². The molecule has 7 heteroatoms. The number of halogens is 1. The molecule has 2 aromatic rings. The maximum atomic E-state index is 12.0. The minimum Gasteiger partial charge on any atom is -0.464 e. The summed E-state index contributed by atoms with van der Waals surface area (Å²) in [6.07, 6.45) is -1.35. The second-order valence-corrected chi connectivity index (χ2v) is 5.49. The van der Waals surface area contributed by atoms with E-state index in [0.717, 1.165) is 5.56 Å². The number of hydrogen-bond donors (Lipinski definition) is 1. The number of amides is 1. The highest BCUT2D eigenvalue weighted by molar-refractivity contribution is 7.82. The Morgan fingerprint density at radius 2 is 1.76 bits per heavy atom. The minimum absolute atomic E-state index is 0.0143. The highest BCUT2D eigenvalue weighted by Gasteiger charge is 2.22. The zero-order valence-electron chi connectivity index (χ0n) is 10.8. The van der Waals surface area contributed by atoms with E-state index in [1.165, 1.54) is 12.1 Å². The monoisotopic (exact) mass is 325 g/mol. The lowest BCUT2D eigenvalue weighted by Crippen LogP contribution is -2.32. The van der Waals surface area contributed by atoms with Crippen molar-refractivity contribution >= 4 is 34.6 Å². The van der Waals surface area contributed by atoms with E-state index in [9.17, 15) is 9.00 Å². The van der Waals surface area contributed by atoms with Crippen LogP contribution in [-0.2, 0) is 22.1 Å². The van der Waals surface area contributed by atoms with Crippen molar-refractivity contribution in [2.24, 2.45) is 0 Å². The quantitative estimate of drug-likeness (QED) is 0.911. The Labute approximate surface area is 129 Å². The lowest BCUT2D eigenvalue weighted by molar-refractivity contribution is 0.205. The molecule has 0 aromatic heterocycles. The van der Waals surface area contributed by atoms with Crippen LogP contribution in [0.5, 0.6) is 0 Å².